The normalized spacial score (nSPS) is 59.4. The fraction of sp³-hybridized carbons (Fsp3) is 0.973. The van der Waals surface area contributed by atoms with Crippen LogP contribution in [0.3, 0.4) is 0 Å². The molecule has 0 amide bonds. The number of hydrogen-bond donors (Lipinski definition) is 5. The van der Waals surface area contributed by atoms with Gasteiger partial charge in [0, 0.05) is 23.7 Å². The maximum absolute atomic E-state index is 12.9. The lowest BCUT2D eigenvalue weighted by Gasteiger charge is -2.65. The summed E-state index contributed by atoms with van der Waals surface area (Å²) in [5.41, 5.74) is -2.98. The van der Waals surface area contributed by atoms with Crippen molar-refractivity contribution in [2.24, 2.45) is 50.7 Å². The largest absolute Gasteiger partial charge is 0.462 e. The van der Waals surface area contributed by atoms with E-state index in [1.54, 1.807) is 13.8 Å². The van der Waals surface area contributed by atoms with E-state index in [1.165, 1.54) is 6.92 Å². The summed E-state index contributed by atoms with van der Waals surface area (Å²) in [5, 5.41) is 55.0. The van der Waals surface area contributed by atoms with Gasteiger partial charge in [-0.1, -0.05) is 34.6 Å². The van der Waals surface area contributed by atoms with Crippen molar-refractivity contribution in [2.45, 2.75) is 167 Å². The van der Waals surface area contributed by atoms with Gasteiger partial charge in [-0.15, -0.1) is 0 Å². The molecule has 8 rings (SSSR count). The standard InChI is InChI=1S/C37H58O11/c1-17-13-20-28(32(5,6)43)48-37(47-20)27(17)34(8)24(45-18(2)38)14-36-16-35(36)12-11-23(46-29-26(41)25(40)19(39)15-44-29)31(3,4)21(35)9-10-22(36)33(34,7)30(37)42/h17,19-30,39-43H,9-16H2,1-8H3. The number of carbonyl (C=O) groups is 1. The Morgan fingerprint density at radius 1 is 0.896 bits per heavy atom. The first-order valence-electron chi connectivity index (χ1n) is 18.5. The second-order valence-corrected chi connectivity index (χ2v) is 18.9. The summed E-state index contributed by atoms with van der Waals surface area (Å²) in [7, 11) is 0. The van der Waals surface area contributed by atoms with Crippen LogP contribution >= 0.6 is 0 Å². The summed E-state index contributed by atoms with van der Waals surface area (Å²) in [6, 6.07) is 0. The van der Waals surface area contributed by atoms with Crippen LogP contribution in [0.1, 0.15) is 100 Å². The van der Waals surface area contributed by atoms with Gasteiger partial charge in [0.2, 0.25) is 0 Å². The van der Waals surface area contributed by atoms with Crippen LogP contribution in [0.15, 0.2) is 0 Å². The Morgan fingerprint density at radius 3 is 2.25 bits per heavy atom. The van der Waals surface area contributed by atoms with Crippen molar-refractivity contribution in [1.29, 1.82) is 0 Å². The summed E-state index contributed by atoms with van der Waals surface area (Å²) < 4.78 is 32.2. The smallest absolute Gasteiger partial charge is 0.302 e. The van der Waals surface area contributed by atoms with Gasteiger partial charge in [-0.25, -0.2) is 0 Å². The van der Waals surface area contributed by atoms with Crippen LogP contribution in [0.25, 0.3) is 0 Å². The van der Waals surface area contributed by atoms with Crippen LogP contribution < -0.4 is 0 Å². The van der Waals surface area contributed by atoms with Crippen molar-refractivity contribution in [1.82, 2.24) is 0 Å². The second kappa shape index (κ2) is 10.2. The van der Waals surface area contributed by atoms with Crippen LogP contribution in [0, 0.1) is 50.7 Å². The zero-order valence-electron chi connectivity index (χ0n) is 29.8. The summed E-state index contributed by atoms with van der Waals surface area (Å²) in [5.74, 6) is -1.33. The molecule has 3 heterocycles. The highest BCUT2D eigenvalue weighted by molar-refractivity contribution is 5.66. The van der Waals surface area contributed by atoms with Crippen molar-refractivity contribution in [3.63, 3.8) is 0 Å². The van der Waals surface area contributed by atoms with Crippen molar-refractivity contribution < 1.29 is 54.0 Å². The summed E-state index contributed by atoms with van der Waals surface area (Å²) in [6.45, 7) is 16.0. The minimum absolute atomic E-state index is 0.0317. The predicted octanol–water partition coefficient (Wildman–Crippen LogP) is 2.66. The molecule has 0 aromatic rings. The van der Waals surface area contributed by atoms with E-state index in [9.17, 15) is 30.3 Å². The van der Waals surface area contributed by atoms with Gasteiger partial charge in [0.15, 0.2) is 12.1 Å². The van der Waals surface area contributed by atoms with E-state index in [0.717, 1.165) is 38.5 Å². The van der Waals surface area contributed by atoms with Crippen molar-refractivity contribution in [3.05, 3.63) is 0 Å². The first-order chi connectivity index (χ1) is 22.2. The van der Waals surface area contributed by atoms with Gasteiger partial charge in [-0.05, 0) is 92.8 Å². The van der Waals surface area contributed by atoms with Gasteiger partial charge >= 0.3 is 5.97 Å². The molecule has 0 aromatic heterocycles. The third-order valence-corrected chi connectivity index (χ3v) is 16.2. The van der Waals surface area contributed by atoms with E-state index in [-0.39, 0.29) is 64.7 Å². The Kier molecular flexibility index (Phi) is 7.24. The van der Waals surface area contributed by atoms with Gasteiger partial charge in [0.1, 0.15) is 36.6 Å². The summed E-state index contributed by atoms with van der Waals surface area (Å²) in [6.07, 6.45) is -1.55. The van der Waals surface area contributed by atoms with Gasteiger partial charge in [-0.2, -0.15) is 0 Å². The third kappa shape index (κ3) is 3.90. The molecule has 3 spiro atoms. The molecule has 48 heavy (non-hydrogen) atoms. The molecule has 0 radical (unpaired) electrons. The zero-order chi connectivity index (χ0) is 34.8. The van der Waals surface area contributed by atoms with Crippen LogP contribution in [0.2, 0.25) is 0 Å². The Balaban J connectivity index is 1.16. The molecule has 11 nitrogen and oxygen atoms in total. The number of hydrogen-bond acceptors (Lipinski definition) is 11. The third-order valence-electron chi connectivity index (χ3n) is 16.2. The van der Waals surface area contributed by atoms with Crippen LogP contribution in [0.5, 0.6) is 0 Å². The van der Waals surface area contributed by atoms with Gasteiger partial charge in [0.25, 0.3) is 0 Å². The van der Waals surface area contributed by atoms with Gasteiger partial charge in [-0.3, -0.25) is 4.79 Å². The second-order valence-electron chi connectivity index (χ2n) is 18.9. The Labute approximate surface area is 284 Å². The molecule has 18 atom stereocenters. The molecule has 3 saturated heterocycles. The highest BCUT2D eigenvalue weighted by atomic mass is 16.8. The van der Waals surface area contributed by atoms with E-state index in [0.29, 0.717) is 6.42 Å². The van der Waals surface area contributed by atoms with E-state index in [4.69, 9.17) is 23.7 Å². The predicted molar refractivity (Wildman–Crippen MR) is 170 cm³/mol. The zero-order valence-corrected chi connectivity index (χ0v) is 29.8. The molecule has 2 bridgehead atoms. The van der Waals surface area contributed by atoms with E-state index >= 15 is 0 Å². The molecule has 5 N–H and O–H groups in total. The SMILES string of the molecule is CC(=O)OC1CC23CC24CCC(OC2OCC(O)C(O)C2O)C(C)(C)C4CCC3C2(C)C(O)C34OC(CC(C)C3C12C)C(C(C)(C)O)O4. The molecule has 8 aliphatic rings. The maximum Gasteiger partial charge on any atom is 0.302 e. The van der Waals surface area contributed by atoms with Crippen LogP contribution in [-0.4, -0.2) is 105 Å². The minimum Gasteiger partial charge on any atom is -0.462 e. The highest BCUT2D eigenvalue weighted by Gasteiger charge is 2.90. The number of fused-ring (bicyclic) bond motifs is 4. The number of esters is 1. The molecule has 18 unspecified atom stereocenters. The molecule has 272 valence electrons. The lowest BCUT2D eigenvalue weighted by atomic mass is 9.40. The number of aliphatic hydroxyl groups is 5. The molecule has 8 fully saturated rings. The Morgan fingerprint density at radius 2 is 1.58 bits per heavy atom. The number of carbonyl (C=O) groups excluding carboxylic acids is 1. The van der Waals surface area contributed by atoms with Crippen LogP contribution in [0.4, 0.5) is 0 Å². The number of rotatable bonds is 4. The van der Waals surface area contributed by atoms with Crippen molar-refractivity contribution in [3.8, 4) is 0 Å². The summed E-state index contributed by atoms with van der Waals surface area (Å²) in [4.78, 5) is 12.9. The van der Waals surface area contributed by atoms with Crippen molar-refractivity contribution >= 4 is 5.97 Å². The van der Waals surface area contributed by atoms with E-state index in [1.807, 2.05) is 0 Å². The topological polar surface area (TPSA) is 164 Å². The highest BCUT2D eigenvalue weighted by Crippen LogP contribution is 2.90. The van der Waals surface area contributed by atoms with Crippen LogP contribution in [-0.2, 0) is 28.5 Å². The Hall–Kier alpha value is -0.890. The number of ether oxygens (including phenoxy) is 5. The molecular formula is C37H58O11. The molecule has 11 heteroatoms. The lowest BCUT2D eigenvalue weighted by Crippen LogP contribution is -2.65. The Bertz CT molecular complexity index is 1350. The fourth-order valence-corrected chi connectivity index (χ4v) is 14.3. The summed E-state index contributed by atoms with van der Waals surface area (Å²) >= 11 is 0. The first kappa shape index (κ1) is 34.2. The van der Waals surface area contributed by atoms with Gasteiger partial charge < -0.3 is 49.2 Å². The minimum atomic E-state index is -1.34. The molecular weight excluding hydrogens is 620 g/mol. The first-order valence-corrected chi connectivity index (χ1v) is 18.5. The average molecular weight is 679 g/mol. The molecule has 0 aromatic carbocycles. The monoisotopic (exact) mass is 678 g/mol. The maximum atomic E-state index is 12.9. The fourth-order valence-electron chi connectivity index (χ4n) is 14.3. The van der Waals surface area contributed by atoms with Crippen molar-refractivity contribution in [2.75, 3.05) is 6.61 Å². The molecule has 5 saturated carbocycles. The quantitative estimate of drug-likeness (QED) is 0.219. The van der Waals surface area contributed by atoms with E-state index < -0.39 is 65.1 Å². The number of aliphatic hydroxyl groups excluding tert-OH is 4. The lowest BCUT2D eigenvalue weighted by molar-refractivity contribution is -0.304. The van der Waals surface area contributed by atoms with Gasteiger partial charge in [0.05, 0.1) is 24.4 Å². The molecule has 3 aliphatic heterocycles. The average Bonchev–Trinajstić information content (AvgIpc) is 3.48. The van der Waals surface area contributed by atoms with E-state index in [2.05, 4.69) is 34.6 Å². The molecule has 5 aliphatic carbocycles.